The Morgan fingerprint density at radius 3 is 3.00 bits per heavy atom. The molecule has 2 atom stereocenters. The minimum absolute atomic E-state index is 0.0637. The van der Waals surface area contributed by atoms with E-state index in [-0.39, 0.29) is 24.1 Å². The second kappa shape index (κ2) is 6.31. The van der Waals surface area contributed by atoms with E-state index in [1.165, 1.54) is 40.6 Å². The molecule has 2 aromatic heterocycles. The van der Waals surface area contributed by atoms with Gasteiger partial charge in [-0.3, -0.25) is 14.2 Å². The lowest BCUT2D eigenvalue weighted by Crippen LogP contribution is -2.43. The zero-order chi connectivity index (χ0) is 16.7. The lowest BCUT2D eigenvalue weighted by molar-refractivity contribution is -0.123. The smallest absolute Gasteiger partial charge is 0.262 e. The first-order valence-corrected chi connectivity index (χ1v) is 9.74. The number of hydrogen-bond donors (Lipinski definition) is 1. The molecule has 0 radical (unpaired) electrons. The molecule has 0 spiro atoms. The molecule has 1 amide bonds. The predicted octanol–water partition coefficient (Wildman–Crippen LogP) is 2.64. The first kappa shape index (κ1) is 15.8. The summed E-state index contributed by atoms with van der Waals surface area (Å²) in [5.41, 5.74) is 1.11. The molecule has 24 heavy (non-hydrogen) atoms. The van der Waals surface area contributed by atoms with Crippen LogP contribution in [0.5, 0.6) is 0 Å². The van der Waals surface area contributed by atoms with Crippen molar-refractivity contribution in [3.63, 3.8) is 0 Å². The zero-order valence-corrected chi connectivity index (χ0v) is 14.8. The third-order valence-electron chi connectivity index (χ3n) is 5.46. The summed E-state index contributed by atoms with van der Waals surface area (Å²) in [4.78, 5) is 31.7. The van der Waals surface area contributed by atoms with Gasteiger partial charge in [0.25, 0.3) is 5.56 Å². The molecule has 2 aliphatic carbocycles. The number of fused-ring (bicyclic) bond motifs is 3. The van der Waals surface area contributed by atoms with Crippen molar-refractivity contribution >= 4 is 27.5 Å². The first-order chi connectivity index (χ1) is 11.6. The molecule has 0 saturated heterocycles. The van der Waals surface area contributed by atoms with Gasteiger partial charge >= 0.3 is 0 Å². The molecule has 0 bridgehead atoms. The largest absolute Gasteiger partial charge is 0.352 e. The number of carbonyl (C=O) groups is 1. The van der Waals surface area contributed by atoms with Gasteiger partial charge in [-0.1, -0.05) is 19.8 Å². The van der Waals surface area contributed by atoms with Crippen molar-refractivity contribution < 1.29 is 4.79 Å². The van der Waals surface area contributed by atoms with Gasteiger partial charge in [-0.25, -0.2) is 4.98 Å². The van der Waals surface area contributed by atoms with Gasteiger partial charge in [0, 0.05) is 10.9 Å². The van der Waals surface area contributed by atoms with E-state index in [9.17, 15) is 9.59 Å². The number of rotatable bonds is 3. The number of aryl methyl sites for hydroxylation is 2. The van der Waals surface area contributed by atoms with Crippen LogP contribution in [0.2, 0.25) is 0 Å². The standard InChI is InChI=1S/C18H23N3O2S/c1-11-5-2-3-7-13(11)20-15(22)9-21-10-19-17-16(18(21)23)12-6-4-8-14(12)24-17/h10-11,13H,2-9H2,1H3,(H,20,22). The molecule has 128 valence electrons. The van der Waals surface area contributed by atoms with E-state index in [2.05, 4.69) is 17.2 Å². The Morgan fingerprint density at radius 1 is 1.33 bits per heavy atom. The Hall–Kier alpha value is -1.69. The maximum absolute atomic E-state index is 12.8. The summed E-state index contributed by atoms with van der Waals surface area (Å²) in [6.45, 7) is 2.26. The molecule has 2 heterocycles. The van der Waals surface area contributed by atoms with E-state index >= 15 is 0 Å². The molecule has 2 aromatic rings. The van der Waals surface area contributed by atoms with Gasteiger partial charge < -0.3 is 5.32 Å². The lowest BCUT2D eigenvalue weighted by atomic mass is 9.86. The minimum atomic E-state index is -0.0797. The summed E-state index contributed by atoms with van der Waals surface area (Å²) in [7, 11) is 0. The van der Waals surface area contributed by atoms with Gasteiger partial charge in [0.05, 0.1) is 11.7 Å². The van der Waals surface area contributed by atoms with Crippen molar-refractivity contribution in [1.29, 1.82) is 0 Å². The van der Waals surface area contributed by atoms with Gasteiger partial charge in [0.15, 0.2) is 0 Å². The molecular formula is C18H23N3O2S. The van der Waals surface area contributed by atoms with E-state index < -0.39 is 0 Å². The van der Waals surface area contributed by atoms with Crippen molar-refractivity contribution in [3.8, 4) is 0 Å². The SMILES string of the molecule is CC1CCCCC1NC(=O)Cn1cnc2sc3c(c2c1=O)CCC3. The molecule has 1 fully saturated rings. The molecule has 2 unspecified atom stereocenters. The van der Waals surface area contributed by atoms with Crippen LogP contribution in [-0.4, -0.2) is 21.5 Å². The average molecular weight is 345 g/mol. The number of hydrogen-bond acceptors (Lipinski definition) is 4. The van der Waals surface area contributed by atoms with Crippen LogP contribution < -0.4 is 10.9 Å². The highest BCUT2D eigenvalue weighted by Gasteiger charge is 2.24. The maximum atomic E-state index is 12.8. The maximum Gasteiger partial charge on any atom is 0.262 e. The van der Waals surface area contributed by atoms with E-state index in [1.807, 2.05) is 0 Å². The second-order valence-electron chi connectivity index (χ2n) is 7.15. The quantitative estimate of drug-likeness (QED) is 0.930. The van der Waals surface area contributed by atoms with Gasteiger partial charge in [-0.05, 0) is 43.6 Å². The zero-order valence-electron chi connectivity index (χ0n) is 14.0. The van der Waals surface area contributed by atoms with Gasteiger partial charge in [-0.15, -0.1) is 11.3 Å². The molecule has 0 aromatic carbocycles. The molecule has 1 N–H and O–H groups in total. The van der Waals surface area contributed by atoms with Crippen molar-refractivity contribution in [2.24, 2.45) is 5.92 Å². The second-order valence-corrected chi connectivity index (χ2v) is 8.23. The van der Waals surface area contributed by atoms with E-state index in [0.717, 1.165) is 35.9 Å². The van der Waals surface area contributed by atoms with E-state index in [4.69, 9.17) is 0 Å². The number of carbonyl (C=O) groups excluding carboxylic acids is 1. The Morgan fingerprint density at radius 2 is 2.17 bits per heavy atom. The number of nitrogens with zero attached hydrogens (tertiary/aromatic N) is 2. The monoisotopic (exact) mass is 345 g/mol. The molecule has 1 saturated carbocycles. The van der Waals surface area contributed by atoms with Crippen LogP contribution in [0.25, 0.3) is 10.2 Å². The molecule has 0 aliphatic heterocycles. The fourth-order valence-electron chi connectivity index (χ4n) is 4.07. The van der Waals surface area contributed by atoms with Crippen LogP contribution in [0.3, 0.4) is 0 Å². The van der Waals surface area contributed by atoms with Crippen LogP contribution in [0.1, 0.15) is 49.5 Å². The Balaban J connectivity index is 1.55. The van der Waals surface area contributed by atoms with Crippen LogP contribution in [0.15, 0.2) is 11.1 Å². The van der Waals surface area contributed by atoms with Crippen molar-refractivity contribution in [2.45, 2.75) is 64.5 Å². The summed E-state index contributed by atoms with van der Waals surface area (Å²) < 4.78 is 1.47. The first-order valence-electron chi connectivity index (χ1n) is 8.92. The fraction of sp³-hybridized carbons (Fsp3) is 0.611. The summed E-state index contributed by atoms with van der Waals surface area (Å²) in [5.74, 6) is 0.434. The van der Waals surface area contributed by atoms with Crippen molar-refractivity contribution in [3.05, 3.63) is 27.1 Å². The Bertz CT molecular complexity index is 839. The van der Waals surface area contributed by atoms with Crippen LogP contribution >= 0.6 is 11.3 Å². The lowest BCUT2D eigenvalue weighted by Gasteiger charge is -2.29. The summed E-state index contributed by atoms with van der Waals surface area (Å²) in [5, 5.41) is 3.86. The third-order valence-corrected chi connectivity index (χ3v) is 6.66. The Labute approximate surface area is 145 Å². The topological polar surface area (TPSA) is 64.0 Å². The molecular weight excluding hydrogens is 322 g/mol. The molecule has 4 rings (SSSR count). The van der Waals surface area contributed by atoms with Crippen LogP contribution in [0.4, 0.5) is 0 Å². The molecule has 2 aliphatic rings. The average Bonchev–Trinajstić information content (AvgIpc) is 3.13. The highest BCUT2D eigenvalue weighted by Crippen LogP contribution is 2.34. The minimum Gasteiger partial charge on any atom is -0.352 e. The molecule has 5 nitrogen and oxygen atoms in total. The third kappa shape index (κ3) is 2.77. The number of aromatic nitrogens is 2. The van der Waals surface area contributed by atoms with Crippen LogP contribution in [0, 0.1) is 5.92 Å². The van der Waals surface area contributed by atoms with Gasteiger partial charge in [-0.2, -0.15) is 0 Å². The fourth-order valence-corrected chi connectivity index (χ4v) is 5.29. The number of thiophene rings is 1. The normalized spacial score (nSPS) is 23.4. The number of amides is 1. The Kier molecular flexibility index (Phi) is 4.16. The summed E-state index contributed by atoms with van der Waals surface area (Å²) in [6.07, 6.45) is 9.28. The highest BCUT2D eigenvalue weighted by molar-refractivity contribution is 7.18. The van der Waals surface area contributed by atoms with Crippen LogP contribution in [-0.2, 0) is 24.2 Å². The van der Waals surface area contributed by atoms with Crippen molar-refractivity contribution in [1.82, 2.24) is 14.9 Å². The number of nitrogens with one attached hydrogen (secondary N) is 1. The summed E-state index contributed by atoms with van der Waals surface area (Å²) in [6, 6.07) is 0.240. The molecule has 6 heteroatoms. The highest BCUT2D eigenvalue weighted by atomic mass is 32.1. The van der Waals surface area contributed by atoms with Gasteiger partial charge in [0.2, 0.25) is 5.91 Å². The van der Waals surface area contributed by atoms with Gasteiger partial charge in [0.1, 0.15) is 11.4 Å². The van der Waals surface area contributed by atoms with E-state index in [0.29, 0.717) is 5.92 Å². The predicted molar refractivity (Wildman–Crippen MR) is 95.5 cm³/mol. The van der Waals surface area contributed by atoms with E-state index in [1.54, 1.807) is 11.3 Å². The van der Waals surface area contributed by atoms with Crippen molar-refractivity contribution in [2.75, 3.05) is 0 Å². The summed E-state index contributed by atoms with van der Waals surface area (Å²) >= 11 is 1.63.